The Labute approximate surface area is 219 Å². The highest BCUT2D eigenvalue weighted by Gasteiger charge is 2.31. The zero-order valence-corrected chi connectivity index (χ0v) is 21.3. The molecule has 0 bridgehead atoms. The van der Waals surface area contributed by atoms with Gasteiger partial charge in [-0.3, -0.25) is 19.3 Å². The molecule has 38 heavy (non-hydrogen) atoms. The number of carbonyl (C=O) groups excluding carboxylic acids is 3. The first-order valence-electron chi connectivity index (χ1n) is 12.5. The van der Waals surface area contributed by atoms with E-state index in [0.717, 1.165) is 56.2 Å². The fourth-order valence-corrected chi connectivity index (χ4v) is 4.16. The fourth-order valence-electron chi connectivity index (χ4n) is 4.16. The summed E-state index contributed by atoms with van der Waals surface area (Å²) in [5.41, 5.74) is 0.645. The SMILES string of the molecule is COCCNC(=O)c1ccc(CN2CCC(CNC(=O)CNC(=O)c3cccc(C(F)(F)F)c3)CC2)cc1. The highest BCUT2D eigenvalue weighted by atomic mass is 19.4. The number of rotatable bonds is 11. The fraction of sp³-hybridized carbons (Fsp3) is 0.444. The van der Waals surface area contributed by atoms with Gasteiger partial charge in [0.2, 0.25) is 5.91 Å². The van der Waals surface area contributed by atoms with E-state index in [1.54, 1.807) is 7.11 Å². The molecule has 0 spiro atoms. The summed E-state index contributed by atoms with van der Waals surface area (Å²) in [6, 6.07) is 11.6. The summed E-state index contributed by atoms with van der Waals surface area (Å²) in [7, 11) is 1.58. The number of likely N-dealkylation sites (tertiary alicyclic amines) is 1. The van der Waals surface area contributed by atoms with E-state index >= 15 is 0 Å². The number of nitrogens with zero attached hydrogens (tertiary/aromatic N) is 1. The summed E-state index contributed by atoms with van der Waals surface area (Å²) < 4.78 is 43.4. The van der Waals surface area contributed by atoms with Crippen LogP contribution in [0, 0.1) is 5.92 Å². The normalized spacial score (nSPS) is 14.6. The highest BCUT2D eigenvalue weighted by Crippen LogP contribution is 2.29. The molecule has 0 aliphatic carbocycles. The average Bonchev–Trinajstić information content (AvgIpc) is 2.91. The molecule has 1 aliphatic heterocycles. The molecule has 1 saturated heterocycles. The molecule has 1 fully saturated rings. The molecule has 0 unspecified atom stereocenters. The molecule has 0 atom stereocenters. The molecule has 2 aromatic rings. The highest BCUT2D eigenvalue weighted by molar-refractivity contribution is 5.96. The third-order valence-corrected chi connectivity index (χ3v) is 6.37. The smallest absolute Gasteiger partial charge is 0.383 e. The van der Waals surface area contributed by atoms with Gasteiger partial charge in [0.05, 0.1) is 18.7 Å². The number of amides is 3. The second-order valence-corrected chi connectivity index (χ2v) is 9.23. The summed E-state index contributed by atoms with van der Waals surface area (Å²) in [5, 5.41) is 7.95. The lowest BCUT2D eigenvalue weighted by molar-refractivity contribution is -0.137. The van der Waals surface area contributed by atoms with Crippen molar-refractivity contribution in [2.45, 2.75) is 25.6 Å². The molecule has 0 radical (unpaired) electrons. The van der Waals surface area contributed by atoms with Crippen LogP contribution in [0.1, 0.15) is 44.7 Å². The maximum atomic E-state index is 12.8. The summed E-state index contributed by atoms with van der Waals surface area (Å²) in [6.07, 6.45) is -2.75. The second kappa shape index (κ2) is 13.9. The van der Waals surface area contributed by atoms with E-state index in [9.17, 15) is 27.6 Å². The number of nitrogens with one attached hydrogen (secondary N) is 3. The monoisotopic (exact) mass is 534 g/mol. The van der Waals surface area contributed by atoms with Crippen molar-refractivity contribution in [1.29, 1.82) is 0 Å². The van der Waals surface area contributed by atoms with E-state index in [-0.39, 0.29) is 23.9 Å². The Morgan fingerprint density at radius 3 is 2.29 bits per heavy atom. The molecule has 8 nitrogen and oxygen atoms in total. The molecule has 206 valence electrons. The maximum absolute atomic E-state index is 12.8. The van der Waals surface area contributed by atoms with E-state index in [0.29, 0.717) is 31.2 Å². The van der Waals surface area contributed by atoms with Crippen LogP contribution >= 0.6 is 0 Å². The van der Waals surface area contributed by atoms with Crippen molar-refractivity contribution in [2.24, 2.45) is 5.92 Å². The van der Waals surface area contributed by atoms with Crippen LogP contribution in [0.15, 0.2) is 48.5 Å². The maximum Gasteiger partial charge on any atom is 0.416 e. The third kappa shape index (κ3) is 9.14. The quantitative estimate of drug-likeness (QED) is 0.385. The summed E-state index contributed by atoms with van der Waals surface area (Å²) >= 11 is 0. The lowest BCUT2D eigenvalue weighted by Crippen LogP contribution is -2.41. The molecule has 3 rings (SSSR count). The van der Waals surface area contributed by atoms with Crippen LogP contribution in [0.3, 0.4) is 0 Å². The van der Waals surface area contributed by atoms with E-state index < -0.39 is 17.6 Å². The molecular weight excluding hydrogens is 501 g/mol. The Morgan fingerprint density at radius 1 is 0.947 bits per heavy atom. The lowest BCUT2D eigenvalue weighted by Gasteiger charge is -2.32. The van der Waals surface area contributed by atoms with Gasteiger partial charge in [0.25, 0.3) is 11.8 Å². The van der Waals surface area contributed by atoms with Crippen molar-refractivity contribution in [3.05, 3.63) is 70.8 Å². The number of hydrogen-bond donors (Lipinski definition) is 3. The van der Waals surface area contributed by atoms with Crippen molar-refractivity contribution >= 4 is 17.7 Å². The van der Waals surface area contributed by atoms with E-state index in [2.05, 4.69) is 20.9 Å². The van der Waals surface area contributed by atoms with E-state index in [4.69, 9.17) is 4.74 Å². The van der Waals surface area contributed by atoms with Gasteiger partial charge in [0.1, 0.15) is 0 Å². The van der Waals surface area contributed by atoms with Gasteiger partial charge in [-0.05, 0) is 67.7 Å². The number of methoxy groups -OCH3 is 1. The van der Waals surface area contributed by atoms with Crippen LogP contribution in [-0.2, 0) is 22.3 Å². The van der Waals surface area contributed by atoms with Crippen molar-refractivity contribution < 1.29 is 32.3 Å². The minimum atomic E-state index is -4.55. The molecule has 2 aromatic carbocycles. The van der Waals surface area contributed by atoms with Gasteiger partial charge in [-0.25, -0.2) is 0 Å². The van der Waals surface area contributed by atoms with Crippen molar-refractivity contribution in [2.75, 3.05) is 46.4 Å². The summed E-state index contributed by atoms with van der Waals surface area (Å²) in [5.74, 6) is -0.961. The van der Waals surface area contributed by atoms with Gasteiger partial charge in [-0.15, -0.1) is 0 Å². The minimum absolute atomic E-state index is 0.133. The Bertz CT molecular complexity index is 1080. The number of hydrogen-bond acceptors (Lipinski definition) is 5. The predicted octanol–water partition coefficient (Wildman–Crippen LogP) is 2.84. The molecular formula is C27H33F3N4O4. The first-order chi connectivity index (χ1) is 18.2. The van der Waals surface area contributed by atoms with Gasteiger partial charge in [-0.2, -0.15) is 13.2 Å². The minimum Gasteiger partial charge on any atom is -0.383 e. The van der Waals surface area contributed by atoms with Crippen LogP contribution < -0.4 is 16.0 Å². The van der Waals surface area contributed by atoms with Crippen molar-refractivity contribution in [3.8, 4) is 0 Å². The largest absolute Gasteiger partial charge is 0.416 e. The second-order valence-electron chi connectivity index (χ2n) is 9.23. The molecule has 1 heterocycles. The Kier molecular flexibility index (Phi) is 10.7. The number of ether oxygens (including phenoxy) is 1. The zero-order valence-electron chi connectivity index (χ0n) is 21.3. The van der Waals surface area contributed by atoms with E-state index in [1.165, 1.54) is 6.07 Å². The topological polar surface area (TPSA) is 99.8 Å². The Balaban J connectivity index is 1.34. The molecule has 3 amide bonds. The number of benzene rings is 2. The van der Waals surface area contributed by atoms with Gasteiger partial charge in [-0.1, -0.05) is 18.2 Å². The van der Waals surface area contributed by atoms with Crippen LogP contribution in [0.4, 0.5) is 13.2 Å². The summed E-state index contributed by atoms with van der Waals surface area (Å²) in [4.78, 5) is 38.7. The van der Waals surface area contributed by atoms with Crippen LogP contribution in [0.2, 0.25) is 0 Å². The zero-order chi connectivity index (χ0) is 27.5. The van der Waals surface area contributed by atoms with Crippen LogP contribution in [-0.4, -0.2) is 69.1 Å². The molecule has 0 saturated carbocycles. The van der Waals surface area contributed by atoms with Crippen LogP contribution in [0.5, 0.6) is 0 Å². The average molecular weight is 535 g/mol. The Morgan fingerprint density at radius 2 is 1.63 bits per heavy atom. The third-order valence-electron chi connectivity index (χ3n) is 6.37. The molecule has 0 aromatic heterocycles. The lowest BCUT2D eigenvalue weighted by atomic mass is 9.96. The Hall–Kier alpha value is -3.44. The molecule has 11 heteroatoms. The van der Waals surface area contributed by atoms with Gasteiger partial charge >= 0.3 is 6.18 Å². The van der Waals surface area contributed by atoms with Gasteiger partial charge in [0, 0.05) is 37.9 Å². The molecule has 1 aliphatic rings. The number of alkyl halides is 3. The predicted molar refractivity (Wildman–Crippen MR) is 135 cm³/mol. The number of piperidine rings is 1. The van der Waals surface area contributed by atoms with Gasteiger partial charge < -0.3 is 20.7 Å². The molecule has 3 N–H and O–H groups in total. The van der Waals surface area contributed by atoms with Crippen LogP contribution in [0.25, 0.3) is 0 Å². The number of halogens is 3. The van der Waals surface area contributed by atoms with Crippen molar-refractivity contribution in [3.63, 3.8) is 0 Å². The summed E-state index contributed by atoms with van der Waals surface area (Å²) in [6.45, 7) is 3.59. The number of carbonyl (C=O) groups is 3. The standard InChI is InChI=1S/C27H33F3N4O4/c1-38-14-11-31-25(36)21-7-5-20(6-8-21)18-34-12-9-19(10-13-34)16-32-24(35)17-33-26(37)22-3-2-4-23(15-22)27(28,29)30/h2-8,15,19H,9-14,16-18H2,1H3,(H,31,36)(H,32,35)(H,33,37). The van der Waals surface area contributed by atoms with E-state index in [1.807, 2.05) is 24.3 Å². The van der Waals surface area contributed by atoms with Crippen molar-refractivity contribution in [1.82, 2.24) is 20.9 Å². The first-order valence-corrected chi connectivity index (χ1v) is 12.5. The first kappa shape index (κ1) is 29.1. The van der Waals surface area contributed by atoms with Gasteiger partial charge in [0.15, 0.2) is 0 Å².